The van der Waals surface area contributed by atoms with Crippen LogP contribution in [0.4, 0.5) is 0 Å². The monoisotopic (exact) mass is 500 g/mol. The average Bonchev–Trinajstić information content (AvgIpc) is 3.28. The van der Waals surface area contributed by atoms with Crippen molar-refractivity contribution >= 4 is 11.8 Å². The first-order valence-corrected chi connectivity index (χ1v) is 15.2. The number of esters is 1. The summed E-state index contributed by atoms with van der Waals surface area (Å²) in [6.07, 6.45) is 10.9. The van der Waals surface area contributed by atoms with Crippen LogP contribution in [-0.2, 0) is 23.8 Å². The normalized spacial score (nSPS) is 53.9. The molecule has 7 unspecified atom stereocenters. The Kier molecular flexibility index (Phi) is 6.19. The fourth-order valence-corrected chi connectivity index (χ4v) is 10.5. The molecule has 6 rings (SSSR count). The summed E-state index contributed by atoms with van der Waals surface area (Å²) in [4.78, 5) is 26.3. The maximum absolute atomic E-state index is 14.2. The number of Topliss-reactive ketones (excluding diaryl/α,β-unsaturated/α-hetero) is 1. The molecule has 6 aliphatic rings. The van der Waals surface area contributed by atoms with Crippen molar-refractivity contribution in [1.29, 1.82) is 0 Å². The second-order valence-corrected chi connectivity index (χ2v) is 14.2. The first-order chi connectivity index (χ1) is 17.1. The number of fused-ring (bicyclic) bond motifs is 7. The third-order valence-corrected chi connectivity index (χ3v) is 12.5. The van der Waals surface area contributed by atoms with E-state index in [2.05, 4.69) is 27.7 Å². The molecule has 202 valence electrons. The van der Waals surface area contributed by atoms with Crippen LogP contribution < -0.4 is 0 Å². The van der Waals surface area contributed by atoms with Crippen LogP contribution in [0.25, 0.3) is 0 Å². The van der Waals surface area contributed by atoms with Gasteiger partial charge in [0.2, 0.25) is 0 Å². The van der Waals surface area contributed by atoms with Crippen molar-refractivity contribution in [3.8, 4) is 0 Å². The van der Waals surface area contributed by atoms with Gasteiger partial charge in [0.1, 0.15) is 11.9 Å². The van der Waals surface area contributed by atoms with Crippen LogP contribution in [0.3, 0.4) is 0 Å². The SMILES string of the molecule is CCCC(=O)OC1CC[C@]2(C)C3CC(=O)[C@@]4(C)C(CC5O[C@]6(CCC(C)CO6)[C@@H](C)C54)C3CC[C@H]2C1. The van der Waals surface area contributed by atoms with Crippen LogP contribution in [-0.4, -0.2) is 36.4 Å². The van der Waals surface area contributed by atoms with Gasteiger partial charge in [0.15, 0.2) is 5.79 Å². The predicted molar refractivity (Wildman–Crippen MR) is 137 cm³/mol. The van der Waals surface area contributed by atoms with Crippen molar-refractivity contribution < 1.29 is 23.8 Å². The molecule has 0 radical (unpaired) electrons. The maximum Gasteiger partial charge on any atom is 0.306 e. The van der Waals surface area contributed by atoms with E-state index < -0.39 is 5.79 Å². The van der Waals surface area contributed by atoms with Gasteiger partial charge in [-0.25, -0.2) is 0 Å². The zero-order valence-corrected chi connectivity index (χ0v) is 23.2. The molecule has 0 N–H and O–H groups in total. The molecular formula is C31H48O5. The largest absolute Gasteiger partial charge is 0.462 e. The number of carbonyl (C=O) groups excluding carboxylic acids is 2. The molecule has 4 saturated carbocycles. The van der Waals surface area contributed by atoms with Crippen molar-refractivity contribution in [1.82, 2.24) is 0 Å². The van der Waals surface area contributed by atoms with Gasteiger partial charge in [-0.05, 0) is 86.4 Å². The lowest BCUT2D eigenvalue weighted by molar-refractivity contribution is -0.272. The van der Waals surface area contributed by atoms with Crippen molar-refractivity contribution in [2.24, 2.45) is 52.3 Å². The maximum atomic E-state index is 14.2. The molecule has 0 bridgehead atoms. The van der Waals surface area contributed by atoms with Crippen LogP contribution in [0, 0.1) is 52.3 Å². The Balaban J connectivity index is 1.21. The van der Waals surface area contributed by atoms with E-state index in [1.807, 2.05) is 6.92 Å². The summed E-state index contributed by atoms with van der Waals surface area (Å²) < 4.78 is 19.1. The Morgan fingerprint density at radius 1 is 1.06 bits per heavy atom. The highest BCUT2D eigenvalue weighted by atomic mass is 16.7. The summed E-state index contributed by atoms with van der Waals surface area (Å²) in [5, 5.41) is 0. The van der Waals surface area contributed by atoms with Gasteiger partial charge in [0, 0.05) is 36.5 Å². The Labute approximate surface area is 217 Å². The number of hydrogen-bond acceptors (Lipinski definition) is 5. The molecule has 2 heterocycles. The van der Waals surface area contributed by atoms with Gasteiger partial charge < -0.3 is 14.2 Å². The molecule has 2 saturated heterocycles. The highest BCUT2D eigenvalue weighted by Gasteiger charge is 2.71. The molecule has 0 amide bonds. The minimum Gasteiger partial charge on any atom is -0.462 e. The Bertz CT molecular complexity index is 891. The van der Waals surface area contributed by atoms with Gasteiger partial charge in [0.25, 0.3) is 0 Å². The van der Waals surface area contributed by atoms with Gasteiger partial charge in [-0.1, -0.05) is 34.6 Å². The third kappa shape index (κ3) is 3.53. The highest BCUT2D eigenvalue weighted by molar-refractivity contribution is 5.87. The zero-order valence-electron chi connectivity index (χ0n) is 23.2. The van der Waals surface area contributed by atoms with Gasteiger partial charge in [-0.15, -0.1) is 0 Å². The van der Waals surface area contributed by atoms with Gasteiger partial charge in [0.05, 0.1) is 12.7 Å². The second kappa shape index (κ2) is 8.79. The molecule has 5 nitrogen and oxygen atoms in total. The lowest BCUT2D eigenvalue weighted by Gasteiger charge is -2.60. The topological polar surface area (TPSA) is 61.8 Å². The summed E-state index contributed by atoms with van der Waals surface area (Å²) >= 11 is 0. The smallest absolute Gasteiger partial charge is 0.306 e. The van der Waals surface area contributed by atoms with E-state index in [1.165, 1.54) is 12.8 Å². The van der Waals surface area contributed by atoms with Gasteiger partial charge in [-0.2, -0.15) is 0 Å². The number of rotatable bonds is 3. The molecule has 5 heteroatoms. The molecule has 36 heavy (non-hydrogen) atoms. The minimum atomic E-state index is -0.468. The molecule has 0 aromatic carbocycles. The summed E-state index contributed by atoms with van der Waals surface area (Å²) in [6.45, 7) is 12.2. The first kappa shape index (κ1) is 25.3. The van der Waals surface area contributed by atoms with Crippen LogP contribution in [0.5, 0.6) is 0 Å². The Morgan fingerprint density at radius 3 is 2.58 bits per heavy atom. The van der Waals surface area contributed by atoms with E-state index in [1.54, 1.807) is 0 Å². The molecule has 4 aliphatic carbocycles. The molecule has 0 aromatic heterocycles. The molecule has 2 aliphatic heterocycles. The molecule has 12 atom stereocenters. The number of ketones is 1. The standard InChI is InChI=1S/C31H48O5/c1-6-7-27(33)35-21-11-12-29(4)20(14-21)8-9-22-23(29)16-26(32)30(5)24(22)15-25-28(30)19(3)31(36-25)13-10-18(2)17-34-31/h18-25,28H,6-17H2,1-5H3/t18?,19-,20-,21?,22?,23?,24?,25?,28?,29-,30+,31+/m0/s1. The molecule has 0 aromatic rings. The number of carbonyl (C=O) groups is 2. The van der Waals surface area contributed by atoms with Crippen LogP contribution in [0.2, 0.25) is 0 Å². The van der Waals surface area contributed by atoms with Crippen molar-refractivity contribution in [3.63, 3.8) is 0 Å². The van der Waals surface area contributed by atoms with E-state index in [-0.39, 0.29) is 40.8 Å². The fraction of sp³-hybridized carbons (Fsp3) is 0.935. The minimum absolute atomic E-state index is 0.0378. The summed E-state index contributed by atoms with van der Waals surface area (Å²) in [5.74, 6) is 3.19. The number of ether oxygens (including phenoxy) is 3. The van der Waals surface area contributed by atoms with E-state index in [9.17, 15) is 9.59 Å². The lowest BCUT2D eigenvalue weighted by Crippen LogP contribution is -2.58. The Hall–Kier alpha value is -0.940. The van der Waals surface area contributed by atoms with Crippen molar-refractivity contribution in [2.45, 2.75) is 123 Å². The van der Waals surface area contributed by atoms with E-state index in [0.29, 0.717) is 41.8 Å². The third-order valence-electron chi connectivity index (χ3n) is 12.5. The molecule has 6 fully saturated rings. The summed E-state index contributed by atoms with van der Waals surface area (Å²) in [7, 11) is 0. The molecule has 1 spiro atoms. The van der Waals surface area contributed by atoms with E-state index in [4.69, 9.17) is 14.2 Å². The van der Waals surface area contributed by atoms with Crippen molar-refractivity contribution in [3.05, 3.63) is 0 Å². The average molecular weight is 501 g/mol. The number of hydrogen-bond donors (Lipinski definition) is 0. The summed E-state index contributed by atoms with van der Waals surface area (Å²) in [5.41, 5.74) is -0.0984. The van der Waals surface area contributed by atoms with E-state index in [0.717, 1.165) is 58.0 Å². The van der Waals surface area contributed by atoms with Crippen molar-refractivity contribution in [2.75, 3.05) is 6.61 Å². The van der Waals surface area contributed by atoms with E-state index >= 15 is 0 Å². The van der Waals surface area contributed by atoms with Gasteiger partial charge >= 0.3 is 5.97 Å². The van der Waals surface area contributed by atoms with Gasteiger partial charge in [-0.3, -0.25) is 9.59 Å². The summed E-state index contributed by atoms with van der Waals surface area (Å²) in [6, 6.07) is 0. The first-order valence-electron chi connectivity index (χ1n) is 15.2. The highest BCUT2D eigenvalue weighted by Crippen LogP contribution is 2.70. The lowest BCUT2D eigenvalue weighted by atomic mass is 9.44. The fourth-order valence-electron chi connectivity index (χ4n) is 10.5. The van der Waals surface area contributed by atoms with Crippen LogP contribution in [0.1, 0.15) is 105 Å². The second-order valence-electron chi connectivity index (χ2n) is 14.2. The van der Waals surface area contributed by atoms with Crippen LogP contribution in [0.15, 0.2) is 0 Å². The molecular weight excluding hydrogens is 452 g/mol. The predicted octanol–water partition coefficient (Wildman–Crippen LogP) is 6.32. The zero-order chi connectivity index (χ0) is 25.5. The quantitative estimate of drug-likeness (QED) is 0.424. The van der Waals surface area contributed by atoms with Crippen LogP contribution >= 0.6 is 0 Å². The Morgan fingerprint density at radius 2 is 1.86 bits per heavy atom.